The fraction of sp³-hybridized carbons (Fsp3) is 0.458. The van der Waals surface area contributed by atoms with Crippen LogP contribution in [0.15, 0.2) is 47.5 Å². The van der Waals surface area contributed by atoms with Crippen molar-refractivity contribution in [2.75, 3.05) is 38.6 Å². The number of aromatic hydroxyl groups is 1. The number of para-hydroxylation sites is 1. The van der Waals surface area contributed by atoms with Gasteiger partial charge < -0.3 is 25.0 Å². The summed E-state index contributed by atoms with van der Waals surface area (Å²) in [5.74, 6) is 1.02. The number of phenols is 1. The van der Waals surface area contributed by atoms with Gasteiger partial charge in [0, 0.05) is 30.8 Å². The van der Waals surface area contributed by atoms with Crippen LogP contribution in [-0.2, 0) is 6.54 Å². The summed E-state index contributed by atoms with van der Waals surface area (Å²) in [6.07, 6.45) is 4.74. The molecule has 2 aliphatic rings. The number of aliphatic imine (C=N–C) groups is 1. The first kappa shape index (κ1) is 21.4. The fourth-order valence-corrected chi connectivity index (χ4v) is 4.49. The first-order chi connectivity index (χ1) is 15.1. The van der Waals surface area contributed by atoms with Crippen molar-refractivity contribution < 1.29 is 14.2 Å². The number of likely N-dealkylation sites (tertiary alicyclic amines) is 2. The number of guanidine groups is 1. The Labute approximate surface area is 183 Å². The number of rotatable bonds is 5. The zero-order valence-corrected chi connectivity index (χ0v) is 18.1. The number of nitrogens with zero attached hydrogens (tertiary/aromatic N) is 3. The summed E-state index contributed by atoms with van der Waals surface area (Å²) in [6.45, 7) is 4.57. The summed E-state index contributed by atoms with van der Waals surface area (Å²) >= 11 is 0. The van der Waals surface area contributed by atoms with E-state index in [0.29, 0.717) is 24.2 Å². The van der Waals surface area contributed by atoms with Gasteiger partial charge in [-0.25, -0.2) is 9.38 Å². The second-order valence-corrected chi connectivity index (χ2v) is 8.20. The second-order valence-electron chi connectivity index (χ2n) is 8.20. The van der Waals surface area contributed by atoms with Crippen molar-refractivity contribution in [3.05, 3.63) is 53.8 Å². The van der Waals surface area contributed by atoms with Gasteiger partial charge >= 0.3 is 0 Å². The largest absolute Gasteiger partial charge is 0.506 e. The summed E-state index contributed by atoms with van der Waals surface area (Å²) in [7, 11) is 1.65. The van der Waals surface area contributed by atoms with Gasteiger partial charge in [0.2, 0.25) is 0 Å². The van der Waals surface area contributed by atoms with Gasteiger partial charge in [-0.2, -0.15) is 0 Å². The molecule has 166 valence electrons. The van der Waals surface area contributed by atoms with E-state index in [1.807, 2.05) is 24.3 Å². The molecule has 0 saturated carbocycles. The van der Waals surface area contributed by atoms with E-state index in [9.17, 15) is 9.50 Å². The molecule has 2 N–H and O–H groups in total. The molecule has 6 nitrogen and oxygen atoms in total. The molecule has 2 aromatic rings. The highest BCUT2D eigenvalue weighted by Crippen LogP contribution is 2.26. The van der Waals surface area contributed by atoms with Crippen molar-refractivity contribution in [1.29, 1.82) is 0 Å². The van der Waals surface area contributed by atoms with Crippen LogP contribution in [0, 0.1) is 5.82 Å². The van der Waals surface area contributed by atoms with Gasteiger partial charge in [0.25, 0.3) is 0 Å². The van der Waals surface area contributed by atoms with Crippen molar-refractivity contribution in [2.45, 2.75) is 38.3 Å². The van der Waals surface area contributed by atoms with Crippen LogP contribution in [0.5, 0.6) is 11.5 Å². The molecule has 2 aromatic carbocycles. The third-order valence-electron chi connectivity index (χ3n) is 6.22. The molecule has 0 aromatic heterocycles. The standard InChI is InChI=1S/C24H31FN4O2/c1-31-23-7-3-2-6-18(23)17-26-24(27-21-16-19(25)8-9-22(21)30)29-14-10-20(11-15-29)28-12-4-5-13-28/h2-3,6-9,16,20,30H,4-5,10-15,17H2,1H3,(H,26,27). The number of piperidine rings is 1. The quantitative estimate of drug-likeness (QED) is 0.429. The predicted molar refractivity (Wildman–Crippen MR) is 121 cm³/mol. The minimum atomic E-state index is -0.405. The van der Waals surface area contributed by atoms with E-state index in [0.717, 1.165) is 37.2 Å². The number of anilines is 1. The zero-order valence-electron chi connectivity index (χ0n) is 18.1. The number of phenolic OH excluding ortho intramolecular Hbond substituents is 1. The lowest BCUT2D eigenvalue weighted by Crippen LogP contribution is -2.47. The number of hydrogen-bond donors (Lipinski definition) is 2. The van der Waals surface area contributed by atoms with Gasteiger partial charge in [0.05, 0.1) is 19.3 Å². The van der Waals surface area contributed by atoms with Crippen molar-refractivity contribution in [1.82, 2.24) is 9.80 Å². The number of halogens is 1. The lowest BCUT2D eigenvalue weighted by molar-refractivity contribution is 0.163. The highest BCUT2D eigenvalue weighted by molar-refractivity contribution is 5.95. The first-order valence-electron chi connectivity index (χ1n) is 11.0. The van der Waals surface area contributed by atoms with Gasteiger partial charge in [0.1, 0.15) is 17.3 Å². The lowest BCUT2D eigenvalue weighted by Gasteiger charge is -2.38. The average Bonchev–Trinajstić information content (AvgIpc) is 3.34. The van der Waals surface area contributed by atoms with Gasteiger partial charge in [-0.15, -0.1) is 0 Å². The number of ether oxygens (including phenoxy) is 1. The maximum atomic E-state index is 13.8. The second kappa shape index (κ2) is 10.0. The van der Waals surface area contributed by atoms with Crippen LogP contribution in [0.3, 0.4) is 0 Å². The molecule has 0 amide bonds. The molecular weight excluding hydrogens is 395 g/mol. The smallest absolute Gasteiger partial charge is 0.198 e. The van der Waals surface area contributed by atoms with Gasteiger partial charge in [-0.1, -0.05) is 18.2 Å². The lowest BCUT2D eigenvalue weighted by atomic mass is 10.0. The molecule has 2 heterocycles. The summed E-state index contributed by atoms with van der Waals surface area (Å²) in [4.78, 5) is 9.63. The van der Waals surface area contributed by atoms with Crippen LogP contribution < -0.4 is 10.1 Å². The summed E-state index contributed by atoms with van der Waals surface area (Å²) in [5.41, 5.74) is 1.29. The Balaban J connectivity index is 1.53. The van der Waals surface area contributed by atoms with E-state index >= 15 is 0 Å². The minimum absolute atomic E-state index is 0.00153. The topological polar surface area (TPSA) is 60.3 Å². The summed E-state index contributed by atoms with van der Waals surface area (Å²) in [6, 6.07) is 12.3. The van der Waals surface area contributed by atoms with E-state index < -0.39 is 5.82 Å². The number of methoxy groups -OCH3 is 1. The van der Waals surface area contributed by atoms with Gasteiger partial charge in [0.15, 0.2) is 5.96 Å². The Morgan fingerprint density at radius 1 is 1.13 bits per heavy atom. The predicted octanol–water partition coefficient (Wildman–Crippen LogP) is 4.07. The minimum Gasteiger partial charge on any atom is -0.506 e. The molecule has 0 bridgehead atoms. The number of hydrogen-bond acceptors (Lipinski definition) is 4. The monoisotopic (exact) mass is 426 g/mol. The van der Waals surface area contributed by atoms with E-state index in [4.69, 9.17) is 9.73 Å². The molecule has 0 radical (unpaired) electrons. The Morgan fingerprint density at radius 2 is 1.87 bits per heavy atom. The molecule has 7 heteroatoms. The molecule has 2 aliphatic heterocycles. The van der Waals surface area contributed by atoms with Crippen LogP contribution in [0.25, 0.3) is 0 Å². The van der Waals surface area contributed by atoms with Crippen LogP contribution in [0.4, 0.5) is 10.1 Å². The maximum Gasteiger partial charge on any atom is 0.198 e. The molecule has 0 unspecified atom stereocenters. The maximum absolute atomic E-state index is 13.8. The third kappa shape index (κ3) is 5.28. The van der Waals surface area contributed by atoms with Crippen molar-refractivity contribution in [3.8, 4) is 11.5 Å². The van der Waals surface area contributed by atoms with Crippen molar-refractivity contribution in [2.24, 2.45) is 4.99 Å². The first-order valence-corrected chi connectivity index (χ1v) is 11.0. The fourth-order valence-electron chi connectivity index (χ4n) is 4.49. The number of nitrogens with one attached hydrogen (secondary N) is 1. The van der Waals surface area contributed by atoms with E-state index in [2.05, 4.69) is 15.1 Å². The Hall–Kier alpha value is -2.80. The molecule has 31 heavy (non-hydrogen) atoms. The van der Waals surface area contributed by atoms with E-state index in [1.54, 1.807) is 7.11 Å². The molecule has 2 saturated heterocycles. The van der Waals surface area contributed by atoms with Crippen LogP contribution in [0.2, 0.25) is 0 Å². The SMILES string of the molecule is COc1ccccc1CN=C(Nc1cc(F)ccc1O)N1CCC(N2CCCC2)CC1. The summed E-state index contributed by atoms with van der Waals surface area (Å²) in [5, 5.41) is 13.4. The molecule has 0 atom stereocenters. The zero-order chi connectivity index (χ0) is 21.6. The molecular formula is C24H31FN4O2. The van der Waals surface area contributed by atoms with E-state index in [-0.39, 0.29) is 5.75 Å². The van der Waals surface area contributed by atoms with Gasteiger partial charge in [-0.3, -0.25) is 0 Å². The highest BCUT2D eigenvalue weighted by Gasteiger charge is 2.28. The van der Waals surface area contributed by atoms with Gasteiger partial charge in [-0.05, 0) is 57.0 Å². The van der Waals surface area contributed by atoms with E-state index in [1.165, 1.54) is 44.1 Å². The van der Waals surface area contributed by atoms with Crippen molar-refractivity contribution in [3.63, 3.8) is 0 Å². The molecule has 2 fully saturated rings. The summed E-state index contributed by atoms with van der Waals surface area (Å²) < 4.78 is 19.2. The molecule has 4 rings (SSSR count). The Bertz CT molecular complexity index is 906. The Kier molecular flexibility index (Phi) is 6.92. The average molecular weight is 427 g/mol. The Morgan fingerprint density at radius 3 is 2.61 bits per heavy atom. The van der Waals surface area contributed by atoms with Crippen LogP contribution in [0.1, 0.15) is 31.2 Å². The van der Waals surface area contributed by atoms with Crippen LogP contribution >= 0.6 is 0 Å². The van der Waals surface area contributed by atoms with Crippen molar-refractivity contribution >= 4 is 11.6 Å². The van der Waals surface area contributed by atoms with Crippen LogP contribution in [-0.4, -0.2) is 60.2 Å². The normalized spacial score (nSPS) is 18.4. The number of benzene rings is 2. The third-order valence-corrected chi connectivity index (χ3v) is 6.22. The highest BCUT2D eigenvalue weighted by atomic mass is 19.1. The molecule has 0 aliphatic carbocycles. The molecule has 0 spiro atoms.